The third kappa shape index (κ3) is 7.17. The lowest BCUT2D eigenvalue weighted by molar-refractivity contribution is 0.0251. The molecule has 0 spiro atoms. The molecule has 0 heterocycles. The molecule has 1 nitrogen and oxygen atoms in total. The Kier molecular flexibility index (Phi) is 9.03. The molecule has 23 heavy (non-hydrogen) atoms. The van der Waals surface area contributed by atoms with Gasteiger partial charge in [0, 0.05) is 6.61 Å². The largest absolute Gasteiger partial charge is 0.378 e. The summed E-state index contributed by atoms with van der Waals surface area (Å²) < 4.78 is 5.99. The Balaban J connectivity index is 1.69. The lowest BCUT2D eigenvalue weighted by atomic mass is 9.82. The number of halogens is 2. The van der Waals surface area contributed by atoms with Crippen LogP contribution in [0, 0.1) is 0 Å². The molecule has 0 bridgehead atoms. The summed E-state index contributed by atoms with van der Waals surface area (Å²) in [5, 5.41) is 0. The predicted octanol–water partition coefficient (Wildman–Crippen LogP) is 6.16. The van der Waals surface area contributed by atoms with Crippen molar-refractivity contribution in [1.29, 1.82) is 0 Å². The first-order chi connectivity index (χ1) is 11.2. The van der Waals surface area contributed by atoms with Gasteiger partial charge in [0.1, 0.15) is 0 Å². The van der Waals surface area contributed by atoms with Gasteiger partial charge in [0.05, 0.1) is 6.10 Å². The van der Waals surface area contributed by atoms with Gasteiger partial charge in [-0.1, -0.05) is 37.6 Å². The van der Waals surface area contributed by atoms with Gasteiger partial charge in [0.25, 0.3) is 0 Å². The monoisotopic (exact) mass is 372 g/mol. The number of ether oxygens (including phenoxy) is 1. The number of unbranched alkanes of at least 4 members (excludes halogenated alkanes) is 1. The molecule has 4 heteroatoms. The molecular weight excluding hydrogens is 343 g/mol. The van der Waals surface area contributed by atoms with E-state index in [9.17, 15) is 0 Å². The molecule has 1 aliphatic rings. The standard InChI is InChI=1S/C19H30Cl2OSi/c1-2-3-5-16-6-8-17(9-7-16)18-10-12-19(13-11-18)22-14-4-15-23(20)21/h6-9,18-19,23H,2-5,10-15H2,1H3/t18-,19-. The summed E-state index contributed by atoms with van der Waals surface area (Å²) in [6.45, 7) is 3.07. The van der Waals surface area contributed by atoms with Gasteiger partial charge in [0.15, 0.2) is 0 Å². The van der Waals surface area contributed by atoms with Crippen LogP contribution in [-0.2, 0) is 11.2 Å². The molecule has 0 atom stereocenters. The van der Waals surface area contributed by atoms with Crippen molar-refractivity contribution in [3.8, 4) is 0 Å². The minimum absolute atomic E-state index is 0.445. The maximum atomic E-state index is 5.99. The van der Waals surface area contributed by atoms with Gasteiger partial charge in [-0.25, -0.2) is 0 Å². The summed E-state index contributed by atoms with van der Waals surface area (Å²) in [5.74, 6) is 0.720. The first kappa shape index (κ1) is 19.3. The van der Waals surface area contributed by atoms with Crippen LogP contribution in [0.2, 0.25) is 6.04 Å². The van der Waals surface area contributed by atoms with E-state index in [1.54, 1.807) is 0 Å². The fourth-order valence-corrected chi connectivity index (χ4v) is 4.79. The molecule has 0 aliphatic heterocycles. The lowest BCUT2D eigenvalue weighted by Gasteiger charge is -2.29. The minimum atomic E-state index is -1.44. The van der Waals surface area contributed by atoms with Crippen LogP contribution in [0.5, 0.6) is 0 Å². The fourth-order valence-electron chi connectivity index (χ4n) is 3.39. The summed E-state index contributed by atoms with van der Waals surface area (Å²) in [5.41, 5.74) is 3.00. The molecule has 0 aromatic heterocycles. The second-order valence-corrected chi connectivity index (χ2v) is 11.9. The van der Waals surface area contributed by atoms with Gasteiger partial charge >= 0.3 is 0 Å². The molecule has 130 valence electrons. The zero-order chi connectivity index (χ0) is 16.5. The van der Waals surface area contributed by atoms with E-state index in [4.69, 9.17) is 26.9 Å². The van der Waals surface area contributed by atoms with Gasteiger partial charge in [0.2, 0.25) is 7.42 Å². The molecule has 1 aromatic carbocycles. The Hall–Kier alpha value is -0.0231. The summed E-state index contributed by atoms with van der Waals surface area (Å²) in [7, 11) is -1.44. The minimum Gasteiger partial charge on any atom is -0.378 e. The van der Waals surface area contributed by atoms with Crippen LogP contribution in [0.1, 0.15) is 68.9 Å². The fraction of sp³-hybridized carbons (Fsp3) is 0.684. The first-order valence-electron chi connectivity index (χ1n) is 9.17. The molecule has 0 saturated heterocycles. The van der Waals surface area contributed by atoms with E-state index in [0.29, 0.717) is 6.10 Å². The van der Waals surface area contributed by atoms with Gasteiger partial charge in [-0.05, 0) is 68.0 Å². The quantitative estimate of drug-likeness (QED) is 0.286. The number of rotatable bonds is 9. The molecule has 1 aliphatic carbocycles. The average molecular weight is 373 g/mol. The smallest absolute Gasteiger partial charge is 0.237 e. The highest BCUT2D eigenvalue weighted by molar-refractivity contribution is 7.33. The summed E-state index contributed by atoms with van der Waals surface area (Å²) in [4.78, 5) is 0. The molecule has 0 N–H and O–H groups in total. The molecule has 1 fully saturated rings. The number of benzene rings is 1. The van der Waals surface area contributed by atoms with E-state index in [2.05, 4.69) is 31.2 Å². The zero-order valence-electron chi connectivity index (χ0n) is 14.3. The number of hydrogen-bond donors (Lipinski definition) is 0. The Morgan fingerprint density at radius 2 is 1.74 bits per heavy atom. The van der Waals surface area contributed by atoms with Crippen LogP contribution in [0.3, 0.4) is 0 Å². The van der Waals surface area contributed by atoms with E-state index >= 15 is 0 Å². The average Bonchev–Trinajstić information content (AvgIpc) is 2.58. The Morgan fingerprint density at radius 3 is 2.35 bits per heavy atom. The van der Waals surface area contributed by atoms with E-state index in [1.807, 2.05) is 0 Å². The van der Waals surface area contributed by atoms with Gasteiger partial charge in [-0.2, -0.15) is 22.2 Å². The topological polar surface area (TPSA) is 9.23 Å². The number of aryl methyl sites for hydroxylation is 1. The van der Waals surface area contributed by atoms with Crippen molar-refractivity contribution in [1.82, 2.24) is 0 Å². The Labute approximate surface area is 152 Å². The van der Waals surface area contributed by atoms with Gasteiger partial charge < -0.3 is 4.74 Å². The van der Waals surface area contributed by atoms with E-state index in [-0.39, 0.29) is 0 Å². The third-order valence-corrected chi connectivity index (χ3v) is 7.02. The maximum Gasteiger partial charge on any atom is 0.237 e. The highest BCUT2D eigenvalue weighted by atomic mass is 35.7. The van der Waals surface area contributed by atoms with Gasteiger partial charge in [-0.15, -0.1) is 0 Å². The normalized spacial score (nSPS) is 21.7. The van der Waals surface area contributed by atoms with Crippen LogP contribution in [-0.4, -0.2) is 20.1 Å². The zero-order valence-corrected chi connectivity index (χ0v) is 16.9. The Bertz CT molecular complexity index is 428. The summed E-state index contributed by atoms with van der Waals surface area (Å²) in [6.07, 6.45) is 10.1. The SMILES string of the molecule is CCCCc1ccc([C@H]2CC[C@H](OCCC[SiH](Cl)Cl)CC2)cc1. The van der Waals surface area contributed by atoms with Crippen LogP contribution >= 0.6 is 22.2 Å². The number of hydrogen-bond acceptors (Lipinski definition) is 1. The molecule has 1 aromatic rings. The third-order valence-electron chi connectivity index (χ3n) is 4.86. The van der Waals surface area contributed by atoms with E-state index in [0.717, 1.165) is 25.0 Å². The lowest BCUT2D eigenvalue weighted by Crippen LogP contribution is -2.21. The second-order valence-electron chi connectivity index (χ2n) is 6.72. The molecular formula is C19H30Cl2OSi. The highest BCUT2D eigenvalue weighted by Gasteiger charge is 2.22. The maximum absolute atomic E-state index is 5.99. The van der Waals surface area contributed by atoms with Crippen LogP contribution in [0.15, 0.2) is 24.3 Å². The first-order valence-corrected chi connectivity index (χ1v) is 13.5. The van der Waals surface area contributed by atoms with Gasteiger partial charge in [-0.3, -0.25) is 0 Å². The van der Waals surface area contributed by atoms with Crippen LogP contribution < -0.4 is 0 Å². The van der Waals surface area contributed by atoms with Crippen molar-refractivity contribution in [2.45, 2.75) is 76.4 Å². The molecule has 0 unspecified atom stereocenters. The van der Waals surface area contributed by atoms with Crippen molar-refractivity contribution in [3.05, 3.63) is 35.4 Å². The van der Waals surface area contributed by atoms with Crippen molar-refractivity contribution < 1.29 is 4.74 Å². The summed E-state index contributed by atoms with van der Waals surface area (Å²) >= 11 is 11.7. The molecule has 1 saturated carbocycles. The predicted molar refractivity (Wildman–Crippen MR) is 104 cm³/mol. The Morgan fingerprint density at radius 1 is 1.04 bits per heavy atom. The highest BCUT2D eigenvalue weighted by Crippen LogP contribution is 2.34. The van der Waals surface area contributed by atoms with Crippen LogP contribution in [0.25, 0.3) is 0 Å². The summed E-state index contributed by atoms with van der Waals surface area (Å²) in [6, 6.07) is 10.3. The van der Waals surface area contributed by atoms with Crippen molar-refractivity contribution in [3.63, 3.8) is 0 Å². The van der Waals surface area contributed by atoms with Crippen LogP contribution in [0.4, 0.5) is 0 Å². The van der Waals surface area contributed by atoms with E-state index in [1.165, 1.54) is 56.1 Å². The molecule has 2 rings (SSSR count). The second kappa shape index (κ2) is 10.8. The van der Waals surface area contributed by atoms with Crippen molar-refractivity contribution in [2.75, 3.05) is 6.61 Å². The molecule has 0 amide bonds. The van der Waals surface area contributed by atoms with Crippen molar-refractivity contribution >= 4 is 29.6 Å². The van der Waals surface area contributed by atoms with Crippen molar-refractivity contribution in [2.24, 2.45) is 0 Å². The van der Waals surface area contributed by atoms with E-state index < -0.39 is 7.42 Å². The molecule has 0 radical (unpaired) electrons.